The Kier molecular flexibility index (Phi) is 8.54. The third-order valence-corrected chi connectivity index (χ3v) is 6.78. The molecule has 2 fully saturated rings. The zero-order valence-corrected chi connectivity index (χ0v) is 15.9. The summed E-state index contributed by atoms with van der Waals surface area (Å²) in [5.74, 6) is 0.595. The van der Waals surface area contributed by atoms with Gasteiger partial charge in [-0.05, 0) is 55.8 Å². The summed E-state index contributed by atoms with van der Waals surface area (Å²) in [5, 5.41) is 0. The molecular weight excluding hydrogens is 328 g/mol. The van der Waals surface area contributed by atoms with Crippen LogP contribution in [0.5, 0.6) is 0 Å². The van der Waals surface area contributed by atoms with Gasteiger partial charge in [0.15, 0.2) is 6.17 Å². The highest BCUT2D eigenvalue weighted by Gasteiger charge is 2.44. The number of halogens is 4. The van der Waals surface area contributed by atoms with Crippen molar-refractivity contribution in [3.05, 3.63) is 0 Å². The number of alkyl halides is 4. The molecule has 0 bridgehead atoms. The molecule has 2 aliphatic carbocycles. The van der Waals surface area contributed by atoms with Crippen LogP contribution in [-0.4, -0.2) is 24.7 Å². The highest BCUT2D eigenvalue weighted by molar-refractivity contribution is 4.93. The second kappa shape index (κ2) is 10.2. The summed E-state index contributed by atoms with van der Waals surface area (Å²) in [6.07, 6.45) is 2.85. The van der Waals surface area contributed by atoms with Gasteiger partial charge in [-0.25, -0.2) is 17.6 Å². The van der Waals surface area contributed by atoms with Crippen molar-refractivity contribution in [2.24, 2.45) is 23.7 Å². The molecule has 0 aromatic rings. The summed E-state index contributed by atoms with van der Waals surface area (Å²) in [6, 6.07) is 0. The molecule has 0 N–H and O–H groups in total. The van der Waals surface area contributed by atoms with Gasteiger partial charge >= 0.3 is 0 Å². The Bertz CT molecular complexity index is 363. The monoisotopic (exact) mass is 364 g/mol. The Morgan fingerprint density at radius 1 is 0.840 bits per heavy atom. The predicted octanol–water partition coefficient (Wildman–Crippen LogP) is 7.16. The van der Waals surface area contributed by atoms with Gasteiger partial charge in [0.2, 0.25) is 0 Å². The summed E-state index contributed by atoms with van der Waals surface area (Å²) in [4.78, 5) is 0. The van der Waals surface area contributed by atoms with E-state index in [-0.39, 0.29) is 24.7 Å². The Balaban J connectivity index is 1.74. The Morgan fingerprint density at radius 3 is 2.08 bits per heavy atom. The van der Waals surface area contributed by atoms with E-state index in [9.17, 15) is 17.6 Å². The van der Waals surface area contributed by atoms with Gasteiger partial charge in [0.05, 0.1) is 0 Å². The maximum absolute atomic E-state index is 14.7. The van der Waals surface area contributed by atoms with Crippen LogP contribution in [0.15, 0.2) is 0 Å². The highest BCUT2D eigenvalue weighted by atomic mass is 19.2. The summed E-state index contributed by atoms with van der Waals surface area (Å²) < 4.78 is 55.3. The van der Waals surface area contributed by atoms with Crippen LogP contribution < -0.4 is 0 Å². The van der Waals surface area contributed by atoms with E-state index < -0.39 is 24.7 Å². The summed E-state index contributed by atoms with van der Waals surface area (Å²) >= 11 is 0. The molecule has 4 heteroatoms. The van der Waals surface area contributed by atoms with E-state index >= 15 is 0 Å². The van der Waals surface area contributed by atoms with Gasteiger partial charge in [0.1, 0.15) is 18.5 Å². The van der Waals surface area contributed by atoms with Crippen LogP contribution in [0.1, 0.15) is 84.5 Å². The van der Waals surface area contributed by atoms with E-state index in [0.29, 0.717) is 18.8 Å². The topological polar surface area (TPSA) is 0 Å². The Morgan fingerprint density at radius 2 is 1.52 bits per heavy atom. The van der Waals surface area contributed by atoms with E-state index in [1.807, 2.05) is 0 Å². The molecule has 2 saturated carbocycles. The van der Waals surface area contributed by atoms with Gasteiger partial charge in [-0.2, -0.15) is 0 Å². The molecule has 0 aromatic carbocycles. The van der Waals surface area contributed by atoms with Gasteiger partial charge in [-0.15, -0.1) is 0 Å². The van der Waals surface area contributed by atoms with E-state index in [2.05, 4.69) is 13.8 Å². The van der Waals surface area contributed by atoms with Gasteiger partial charge in [0, 0.05) is 0 Å². The van der Waals surface area contributed by atoms with Crippen LogP contribution >= 0.6 is 0 Å². The molecule has 2 rings (SSSR count). The van der Waals surface area contributed by atoms with Gasteiger partial charge in [0.25, 0.3) is 0 Å². The predicted molar refractivity (Wildman–Crippen MR) is 95.7 cm³/mol. The van der Waals surface area contributed by atoms with Crippen LogP contribution in [0.3, 0.4) is 0 Å². The van der Waals surface area contributed by atoms with Crippen molar-refractivity contribution >= 4 is 0 Å². The first-order valence-corrected chi connectivity index (χ1v) is 10.5. The minimum Gasteiger partial charge on any atom is -0.247 e. The van der Waals surface area contributed by atoms with Gasteiger partial charge < -0.3 is 0 Å². The second-order valence-corrected chi connectivity index (χ2v) is 8.56. The third-order valence-electron chi connectivity index (χ3n) is 6.78. The van der Waals surface area contributed by atoms with Crippen molar-refractivity contribution in [1.29, 1.82) is 0 Å². The van der Waals surface area contributed by atoms with Crippen LogP contribution in [0.4, 0.5) is 17.6 Å². The van der Waals surface area contributed by atoms with Crippen molar-refractivity contribution < 1.29 is 17.6 Å². The molecule has 2 aliphatic rings. The zero-order chi connectivity index (χ0) is 18.4. The molecule has 0 radical (unpaired) electrons. The van der Waals surface area contributed by atoms with Gasteiger partial charge in [-0.1, -0.05) is 52.4 Å². The normalized spacial score (nSPS) is 40.8. The van der Waals surface area contributed by atoms with Gasteiger partial charge in [-0.3, -0.25) is 0 Å². The molecule has 0 saturated heterocycles. The smallest absolute Gasteiger partial charge is 0.162 e. The highest BCUT2D eigenvalue weighted by Crippen LogP contribution is 2.44. The Hall–Kier alpha value is -0.280. The van der Waals surface area contributed by atoms with Crippen LogP contribution in [0.25, 0.3) is 0 Å². The second-order valence-electron chi connectivity index (χ2n) is 8.56. The lowest BCUT2D eigenvalue weighted by atomic mass is 9.68. The quantitative estimate of drug-likeness (QED) is 0.401. The molecule has 148 valence electrons. The lowest BCUT2D eigenvalue weighted by molar-refractivity contribution is -0.0236. The van der Waals surface area contributed by atoms with E-state index in [0.717, 1.165) is 25.2 Å². The average Bonchev–Trinajstić information content (AvgIpc) is 2.58. The fraction of sp³-hybridized carbons (Fsp3) is 1.00. The zero-order valence-electron chi connectivity index (χ0n) is 15.9. The largest absolute Gasteiger partial charge is 0.247 e. The molecule has 0 aromatic heterocycles. The standard InChI is InChI=1S/C21H36F4/c1-3-6-14(4-2)7-5-8-15-9-10-17(18(22)11-15)16-12-19(23)21(25)20(24)13-16/h14-21H,3-13H2,1-2H3. The number of rotatable bonds is 8. The van der Waals surface area contributed by atoms with E-state index in [1.165, 1.54) is 25.7 Å². The molecule has 6 unspecified atom stereocenters. The maximum Gasteiger partial charge on any atom is 0.162 e. The van der Waals surface area contributed by atoms with Crippen molar-refractivity contribution in [2.75, 3.05) is 0 Å². The van der Waals surface area contributed by atoms with Crippen molar-refractivity contribution in [1.82, 2.24) is 0 Å². The molecule has 0 amide bonds. The molecule has 0 spiro atoms. The first-order chi connectivity index (χ1) is 12.0. The van der Waals surface area contributed by atoms with Crippen LogP contribution in [0, 0.1) is 23.7 Å². The fourth-order valence-electron chi connectivity index (χ4n) is 5.18. The molecular formula is C21H36F4. The lowest BCUT2D eigenvalue weighted by Gasteiger charge is -2.40. The molecule has 6 atom stereocenters. The first-order valence-electron chi connectivity index (χ1n) is 10.5. The summed E-state index contributed by atoms with van der Waals surface area (Å²) in [7, 11) is 0. The number of hydrogen-bond donors (Lipinski definition) is 0. The first kappa shape index (κ1) is 21.0. The van der Waals surface area contributed by atoms with Crippen molar-refractivity contribution in [2.45, 2.75) is 109 Å². The molecule has 0 heterocycles. The minimum atomic E-state index is -2.01. The molecule has 0 nitrogen and oxygen atoms in total. The Labute approximate surface area is 151 Å². The van der Waals surface area contributed by atoms with E-state index in [4.69, 9.17) is 0 Å². The average molecular weight is 365 g/mol. The van der Waals surface area contributed by atoms with Crippen molar-refractivity contribution in [3.8, 4) is 0 Å². The SMILES string of the molecule is CCCC(CC)CCCC1CCC(C2CC(F)C(F)C(F)C2)C(F)C1. The molecule has 25 heavy (non-hydrogen) atoms. The fourth-order valence-corrected chi connectivity index (χ4v) is 5.18. The van der Waals surface area contributed by atoms with E-state index in [1.54, 1.807) is 0 Å². The molecule has 0 aliphatic heterocycles. The summed E-state index contributed by atoms with van der Waals surface area (Å²) in [6.45, 7) is 4.46. The number of hydrogen-bond acceptors (Lipinski definition) is 0. The lowest BCUT2D eigenvalue weighted by Crippen LogP contribution is -2.42. The van der Waals surface area contributed by atoms with Crippen molar-refractivity contribution in [3.63, 3.8) is 0 Å². The maximum atomic E-state index is 14.7. The van der Waals surface area contributed by atoms with Crippen LogP contribution in [0.2, 0.25) is 0 Å². The van der Waals surface area contributed by atoms with Crippen LogP contribution in [-0.2, 0) is 0 Å². The minimum absolute atomic E-state index is 0.00740. The third kappa shape index (κ3) is 5.85. The summed E-state index contributed by atoms with van der Waals surface area (Å²) in [5.41, 5.74) is 0.